The predicted octanol–water partition coefficient (Wildman–Crippen LogP) is 3.99. The number of anilines is 1. The highest BCUT2D eigenvalue weighted by Gasteiger charge is 2.19. The second kappa shape index (κ2) is 15.0. The van der Waals surface area contributed by atoms with Gasteiger partial charge >= 0.3 is 0 Å². The number of aryl methyl sites for hydroxylation is 1. The minimum absolute atomic E-state index is 0.136. The highest BCUT2D eigenvalue weighted by molar-refractivity contribution is 6.04. The third-order valence-corrected chi connectivity index (χ3v) is 8.89. The first kappa shape index (κ1) is 33.2. The molecule has 0 spiro atoms. The zero-order valence-corrected chi connectivity index (χ0v) is 28.0. The summed E-state index contributed by atoms with van der Waals surface area (Å²) in [4.78, 5) is 44.3. The van der Waals surface area contributed by atoms with Gasteiger partial charge in [0.05, 0.1) is 14.2 Å². The van der Waals surface area contributed by atoms with Crippen LogP contribution in [0.5, 0.6) is 11.5 Å². The molecule has 250 valence electrons. The van der Waals surface area contributed by atoms with E-state index in [2.05, 4.69) is 27.3 Å². The largest absolute Gasteiger partial charge is 0.493 e. The highest BCUT2D eigenvalue weighted by atomic mass is 16.5. The quantitative estimate of drug-likeness (QED) is 0.236. The number of amides is 1. The number of ether oxygens (including phenoxy) is 2. The number of carbonyl (C=O) groups excluding carboxylic acids is 1. The van der Waals surface area contributed by atoms with Crippen LogP contribution in [0.25, 0.3) is 12.2 Å². The molecule has 0 unspecified atom stereocenters. The molecule has 1 aliphatic heterocycles. The first-order chi connectivity index (χ1) is 23.8. The Labute approximate surface area is 284 Å². The van der Waals surface area contributed by atoms with Gasteiger partial charge in [0.15, 0.2) is 11.5 Å². The summed E-state index contributed by atoms with van der Waals surface area (Å²) in [6.07, 6.45) is 6.21. The Morgan fingerprint density at radius 3 is 2.31 bits per heavy atom. The standard InChI is InChI=1S/C40H40N4O5/c1-43-35(23-28-9-5-4-6-10-28)39(46)42-34(40(43)47)22-29-11-7-13-31(21-29)38(45)41-33-16-14-27(15-17-33)12-8-19-44-20-18-30-24-36(48-2)37(49-3)25-32(30)26-44/h4-7,9-11,13-17,21-25H,8,12,18-20,26H2,1-3H3,(H,41,45)(H,42,46)/b34-22-,35-23-. The maximum absolute atomic E-state index is 13.1. The van der Waals surface area contributed by atoms with Gasteiger partial charge < -0.3 is 24.3 Å². The topological polar surface area (TPSA) is 106 Å². The van der Waals surface area contributed by atoms with Gasteiger partial charge in [-0.05, 0) is 102 Å². The van der Waals surface area contributed by atoms with Crippen LogP contribution in [0.1, 0.15) is 44.6 Å². The van der Waals surface area contributed by atoms with Crippen LogP contribution < -0.4 is 36.6 Å². The highest BCUT2D eigenvalue weighted by Crippen LogP contribution is 2.33. The number of fused-ring (bicyclic) bond motifs is 1. The van der Waals surface area contributed by atoms with Gasteiger partial charge in [-0.1, -0.05) is 54.6 Å². The van der Waals surface area contributed by atoms with Crippen molar-refractivity contribution in [3.8, 4) is 11.5 Å². The van der Waals surface area contributed by atoms with Gasteiger partial charge in [-0.15, -0.1) is 0 Å². The second-order valence-electron chi connectivity index (χ2n) is 12.2. The lowest BCUT2D eigenvalue weighted by molar-refractivity contribution is 0.102. The molecule has 0 saturated carbocycles. The maximum atomic E-state index is 13.1. The molecule has 5 aromatic rings. The number of carbonyl (C=O) groups is 1. The number of nitrogens with zero attached hydrogens (tertiary/aromatic N) is 2. The van der Waals surface area contributed by atoms with Crippen LogP contribution in [0.15, 0.2) is 101 Å². The summed E-state index contributed by atoms with van der Waals surface area (Å²) < 4.78 is 12.3. The lowest BCUT2D eigenvalue weighted by Crippen LogP contribution is -2.52. The molecule has 49 heavy (non-hydrogen) atoms. The molecular formula is C40H40N4O5. The van der Waals surface area contributed by atoms with E-state index in [0.29, 0.717) is 16.8 Å². The van der Waals surface area contributed by atoms with E-state index in [1.165, 1.54) is 21.3 Å². The van der Waals surface area contributed by atoms with Gasteiger partial charge in [-0.2, -0.15) is 0 Å². The van der Waals surface area contributed by atoms with Crippen molar-refractivity contribution in [2.75, 3.05) is 32.6 Å². The van der Waals surface area contributed by atoms with Crippen molar-refractivity contribution in [2.45, 2.75) is 25.8 Å². The van der Waals surface area contributed by atoms with E-state index in [-0.39, 0.29) is 27.7 Å². The van der Waals surface area contributed by atoms with Gasteiger partial charge in [-0.25, -0.2) is 0 Å². The van der Waals surface area contributed by atoms with Gasteiger partial charge in [0.2, 0.25) is 0 Å². The monoisotopic (exact) mass is 656 g/mol. The molecule has 6 rings (SSSR count). The van der Waals surface area contributed by atoms with E-state index in [0.717, 1.165) is 56.0 Å². The smallest absolute Gasteiger partial charge is 0.274 e. The molecule has 0 fully saturated rings. The van der Waals surface area contributed by atoms with Gasteiger partial charge in [-0.3, -0.25) is 19.3 Å². The van der Waals surface area contributed by atoms with Gasteiger partial charge in [0, 0.05) is 31.4 Å². The number of nitrogens with one attached hydrogen (secondary N) is 2. The molecule has 0 bridgehead atoms. The van der Waals surface area contributed by atoms with E-state index in [1.54, 1.807) is 57.7 Å². The van der Waals surface area contributed by atoms with Crippen LogP contribution in [-0.2, 0) is 26.4 Å². The summed E-state index contributed by atoms with van der Waals surface area (Å²) in [5, 5.41) is 3.35. The zero-order chi connectivity index (χ0) is 34.3. The summed E-state index contributed by atoms with van der Waals surface area (Å²) in [5.41, 5.74) is 5.66. The molecule has 4 aromatic carbocycles. The van der Waals surface area contributed by atoms with E-state index < -0.39 is 0 Å². The molecule has 0 radical (unpaired) electrons. The fraction of sp³-hybridized carbons (Fsp3) is 0.225. The average molecular weight is 657 g/mol. The number of hydrogen-bond acceptors (Lipinski definition) is 6. The van der Waals surface area contributed by atoms with E-state index in [1.807, 2.05) is 54.6 Å². The van der Waals surface area contributed by atoms with Gasteiger partial charge in [0.25, 0.3) is 17.0 Å². The van der Waals surface area contributed by atoms with Crippen molar-refractivity contribution in [3.05, 3.63) is 156 Å². The minimum atomic E-state index is -0.380. The number of benzene rings is 4. The fourth-order valence-corrected chi connectivity index (χ4v) is 6.18. The lowest BCUT2D eigenvalue weighted by Gasteiger charge is -2.29. The van der Waals surface area contributed by atoms with Crippen LogP contribution in [0.4, 0.5) is 5.69 Å². The van der Waals surface area contributed by atoms with E-state index >= 15 is 0 Å². The van der Waals surface area contributed by atoms with Crippen LogP contribution in [0.2, 0.25) is 0 Å². The Balaban J connectivity index is 1.06. The number of aromatic amines is 1. The van der Waals surface area contributed by atoms with Crippen molar-refractivity contribution in [1.82, 2.24) is 14.5 Å². The van der Waals surface area contributed by atoms with Crippen molar-refractivity contribution in [3.63, 3.8) is 0 Å². The number of H-pyrrole nitrogens is 1. The first-order valence-electron chi connectivity index (χ1n) is 16.4. The summed E-state index contributed by atoms with van der Waals surface area (Å²) in [7, 11) is 4.91. The number of methoxy groups -OCH3 is 2. The molecule has 2 N–H and O–H groups in total. The van der Waals surface area contributed by atoms with Crippen molar-refractivity contribution in [1.29, 1.82) is 0 Å². The Bertz CT molecular complexity index is 2210. The average Bonchev–Trinajstić information content (AvgIpc) is 3.13. The summed E-state index contributed by atoms with van der Waals surface area (Å²) in [5.74, 6) is 1.28. The summed E-state index contributed by atoms with van der Waals surface area (Å²) in [6.45, 7) is 2.91. The Kier molecular flexibility index (Phi) is 10.2. The molecule has 1 aromatic heterocycles. The fourth-order valence-electron chi connectivity index (χ4n) is 6.18. The molecule has 1 aliphatic rings. The third-order valence-electron chi connectivity index (χ3n) is 8.89. The number of hydrogen-bond donors (Lipinski definition) is 2. The van der Waals surface area contributed by atoms with Crippen LogP contribution >= 0.6 is 0 Å². The molecule has 0 atom stereocenters. The molecule has 1 amide bonds. The molecule has 0 aliphatic carbocycles. The Hall–Kier alpha value is -5.67. The Morgan fingerprint density at radius 1 is 0.857 bits per heavy atom. The lowest BCUT2D eigenvalue weighted by atomic mass is 9.98. The Morgan fingerprint density at radius 2 is 1.57 bits per heavy atom. The first-order valence-corrected chi connectivity index (χ1v) is 16.4. The summed E-state index contributed by atoms with van der Waals surface area (Å²) >= 11 is 0. The maximum Gasteiger partial charge on any atom is 0.274 e. The second-order valence-corrected chi connectivity index (χ2v) is 12.2. The zero-order valence-electron chi connectivity index (χ0n) is 28.0. The van der Waals surface area contributed by atoms with Crippen LogP contribution in [-0.4, -0.2) is 47.7 Å². The summed E-state index contributed by atoms with van der Waals surface area (Å²) in [6, 6.07) is 28.4. The van der Waals surface area contributed by atoms with Crippen molar-refractivity contribution >= 4 is 23.7 Å². The predicted molar refractivity (Wildman–Crippen MR) is 193 cm³/mol. The number of rotatable bonds is 10. The van der Waals surface area contributed by atoms with E-state index in [9.17, 15) is 14.4 Å². The molecule has 9 nitrogen and oxygen atoms in total. The molecule has 9 heteroatoms. The van der Waals surface area contributed by atoms with Gasteiger partial charge in [0.1, 0.15) is 10.7 Å². The van der Waals surface area contributed by atoms with E-state index in [4.69, 9.17) is 9.47 Å². The number of aromatic nitrogens is 2. The molecular weight excluding hydrogens is 616 g/mol. The molecule has 2 heterocycles. The SMILES string of the molecule is COc1cc2c(cc1OC)CN(CCCc1ccc(NC(=O)c3cccc(/C=c4\[nH]c(=O)/c(=C/c5ccccc5)n(C)c4=O)c3)cc1)CC2. The minimum Gasteiger partial charge on any atom is -0.493 e. The van der Waals surface area contributed by atoms with Crippen molar-refractivity contribution in [2.24, 2.45) is 7.05 Å². The van der Waals surface area contributed by atoms with Crippen LogP contribution in [0, 0.1) is 0 Å². The normalized spacial score (nSPS) is 13.6. The van der Waals surface area contributed by atoms with Crippen molar-refractivity contribution < 1.29 is 14.3 Å². The third kappa shape index (κ3) is 7.90. The molecule has 0 saturated heterocycles. The van der Waals surface area contributed by atoms with Crippen LogP contribution in [0.3, 0.4) is 0 Å².